The summed E-state index contributed by atoms with van der Waals surface area (Å²) in [5.74, 6) is -2.82. The maximum Gasteiger partial charge on any atom is 0.216 e. The van der Waals surface area contributed by atoms with E-state index in [0.29, 0.717) is 4.88 Å². The van der Waals surface area contributed by atoms with Gasteiger partial charge in [0.25, 0.3) is 0 Å². The molecule has 0 amide bonds. The Morgan fingerprint density at radius 1 is 1.17 bits per heavy atom. The van der Waals surface area contributed by atoms with Crippen molar-refractivity contribution in [3.63, 3.8) is 0 Å². The molecule has 2 aromatic rings. The minimum atomic E-state index is -1.31. The highest BCUT2D eigenvalue weighted by Crippen LogP contribution is 2.19. The molecule has 5 heteroatoms. The largest absolute Gasteiger partial charge is 0.461 e. The summed E-state index contributed by atoms with van der Waals surface area (Å²) in [5, 5.41) is 1.72. The van der Waals surface area contributed by atoms with Crippen molar-refractivity contribution in [3.05, 3.63) is 46.5 Å². The van der Waals surface area contributed by atoms with Gasteiger partial charge in [0.2, 0.25) is 5.78 Å². The van der Waals surface area contributed by atoms with Gasteiger partial charge in [-0.25, -0.2) is 0 Å². The van der Waals surface area contributed by atoms with Crippen molar-refractivity contribution in [2.75, 3.05) is 0 Å². The number of furan rings is 1. The van der Waals surface area contributed by atoms with Crippen LogP contribution in [0.2, 0.25) is 0 Å². The Balaban J connectivity index is 2.32. The SMILES string of the molecule is CC(=O)C(C(=O)c1ccco1)C(=O)c1cccs1. The first-order chi connectivity index (χ1) is 8.61. The van der Waals surface area contributed by atoms with Crippen molar-refractivity contribution in [1.29, 1.82) is 0 Å². The molecule has 0 aliphatic heterocycles. The average molecular weight is 262 g/mol. The lowest BCUT2D eigenvalue weighted by atomic mass is 9.92. The first-order valence-electron chi connectivity index (χ1n) is 5.27. The van der Waals surface area contributed by atoms with E-state index in [0.717, 1.165) is 0 Å². The number of ketones is 3. The zero-order valence-electron chi connectivity index (χ0n) is 9.58. The Bertz CT molecular complexity index is 520. The number of thiophene rings is 1. The normalized spacial score (nSPS) is 12.1. The van der Waals surface area contributed by atoms with E-state index in [9.17, 15) is 14.4 Å². The maximum atomic E-state index is 12.1. The lowest BCUT2D eigenvalue weighted by Gasteiger charge is -2.08. The molecule has 18 heavy (non-hydrogen) atoms. The number of hydrogen-bond donors (Lipinski definition) is 0. The molecule has 2 aromatic heterocycles. The maximum absolute atomic E-state index is 12.1. The van der Waals surface area contributed by atoms with E-state index >= 15 is 0 Å². The number of Topliss-reactive ketones (excluding diaryl/α,β-unsaturated/α-hetero) is 3. The second kappa shape index (κ2) is 5.10. The predicted octanol–water partition coefficient (Wildman–Crippen LogP) is 2.61. The van der Waals surface area contributed by atoms with Crippen LogP contribution in [0.4, 0.5) is 0 Å². The molecule has 1 atom stereocenters. The van der Waals surface area contributed by atoms with Crippen LogP contribution in [-0.2, 0) is 4.79 Å². The van der Waals surface area contributed by atoms with Crippen molar-refractivity contribution in [1.82, 2.24) is 0 Å². The molecule has 0 aromatic carbocycles. The van der Waals surface area contributed by atoms with Gasteiger partial charge in [-0.2, -0.15) is 0 Å². The first-order valence-corrected chi connectivity index (χ1v) is 6.15. The summed E-state index contributed by atoms with van der Waals surface area (Å²) < 4.78 is 4.94. The summed E-state index contributed by atoms with van der Waals surface area (Å²) in [4.78, 5) is 36.1. The van der Waals surface area contributed by atoms with E-state index in [1.165, 1.54) is 30.6 Å². The third-order valence-corrected chi connectivity index (χ3v) is 3.34. The van der Waals surface area contributed by atoms with E-state index in [-0.39, 0.29) is 5.76 Å². The molecule has 0 aliphatic rings. The summed E-state index contributed by atoms with van der Waals surface area (Å²) >= 11 is 1.21. The lowest BCUT2D eigenvalue weighted by molar-refractivity contribution is -0.118. The molecule has 2 heterocycles. The average Bonchev–Trinajstić information content (AvgIpc) is 3.02. The fourth-order valence-corrected chi connectivity index (χ4v) is 2.31. The van der Waals surface area contributed by atoms with Crippen LogP contribution in [0.1, 0.15) is 27.2 Å². The fourth-order valence-electron chi connectivity index (χ4n) is 1.61. The Morgan fingerprint density at radius 2 is 1.94 bits per heavy atom. The van der Waals surface area contributed by atoms with Crippen LogP contribution in [0.3, 0.4) is 0 Å². The van der Waals surface area contributed by atoms with E-state index in [1.54, 1.807) is 23.6 Å². The van der Waals surface area contributed by atoms with Crippen molar-refractivity contribution < 1.29 is 18.8 Å². The Kier molecular flexibility index (Phi) is 3.53. The van der Waals surface area contributed by atoms with E-state index in [2.05, 4.69) is 0 Å². The fraction of sp³-hybridized carbons (Fsp3) is 0.154. The molecule has 0 N–H and O–H groups in total. The van der Waals surface area contributed by atoms with Gasteiger partial charge < -0.3 is 4.42 Å². The zero-order chi connectivity index (χ0) is 13.1. The van der Waals surface area contributed by atoms with Gasteiger partial charge in [0.1, 0.15) is 11.7 Å². The minimum Gasteiger partial charge on any atom is -0.461 e. The third kappa shape index (κ3) is 2.31. The van der Waals surface area contributed by atoms with Crippen LogP contribution in [0.25, 0.3) is 0 Å². The highest BCUT2D eigenvalue weighted by Gasteiger charge is 2.34. The molecular weight excluding hydrogens is 252 g/mol. The molecule has 92 valence electrons. The molecule has 0 saturated heterocycles. The topological polar surface area (TPSA) is 64.3 Å². The van der Waals surface area contributed by atoms with Crippen molar-refractivity contribution in [2.24, 2.45) is 5.92 Å². The minimum absolute atomic E-state index is 0.0279. The molecule has 0 bridgehead atoms. The van der Waals surface area contributed by atoms with E-state index in [1.807, 2.05) is 0 Å². The highest BCUT2D eigenvalue weighted by molar-refractivity contribution is 7.12. The molecule has 0 radical (unpaired) electrons. The molecule has 1 unspecified atom stereocenters. The number of carbonyl (C=O) groups excluding carboxylic acids is 3. The summed E-state index contributed by atoms with van der Waals surface area (Å²) in [7, 11) is 0. The van der Waals surface area contributed by atoms with Gasteiger partial charge in [-0.15, -0.1) is 11.3 Å². The van der Waals surface area contributed by atoms with E-state index < -0.39 is 23.3 Å². The number of carbonyl (C=O) groups is 3. The summed E-state index contributed by atoms with van der Waals surface area (Å²) in [6.07, 6.45) is 1.33. The Labute approximate surface area is 107 Å². The Morgan fingerprint density at radius 3 is 2.44 bits per heavy atom. The quantitative estimate of drug-likeness (QED) is 0.613. The third-order valence-electron chi connectivity index (χ3n) is 2.46. The van der Waals surface area contributed by atoms with Gasteiger partial charge in [-0.3, -0.25) is 14.4 Å². The van der Waals surface area contributed by atoms with Crippen molar-refractivity contribution >= 4 is 28.7 Å². The molecule has 0 spiro atoms. The predicted molar refractivity (Wildman–Crippen MR) is 65.9 cm³/mol. The number of rotatable bonds is 5. The second-order valence-electron chi connectivity index (χ2n) is 3.73. The van der Waals surface area contributed by atoms with Crippen LogP contribution < -0.4 is 0 Å². The summed E-state index contributed by atoms with van der Waals surface area (Å²) in [6, 6.07) is 6.28. The molecule has 0 fully saturated rings. The van der Waals surface area contributed by atoms with Gasteiger partial charge in [0.15, 0.2) is 11.5 Å². The van der Waals surface area contributed by atoms with Crippen molar-refractivity contribution in [3.8, 4) is 0 Å². The first kappa shape index (κ1) is 12.4. The van der Waals surface area contributed by atoms with Gasteiger partial charge in [-0.1, -0.05) is 6.07 Å². The van der Waals surface area contributed by atoms with Crippen LogP contribution in [0.15, 0.2) is 40.3 Å². The van der Waals surface area contributed by atoms with Crippen molar-refractivity contribution in [2.45, 2.75) is 6.92 Å². The standard InChI is InChI=1S/C13H10O4S/c1-8(14)11(12(15)9-4-2-6-17-9)13(16)10-5-3-7-18-10/h2-7,11H,1H3. The molecule has 0 saturated carbocycles. The smallest absolute Gasteiger partial charge is 0.216 e. The van der Waals surface area contributed by atoms with Gasteiger partial charge in [0.05, 0.1) is 11.1 Å². The molecule has 2 rings (SSSR count). The molecule has 4 nitrogen and oxygen atoms in total. The molecule has 0 aliphatic carbocycles. The Hall–Kier alpha value is -2.01. The monoisotopic (exact) mass is 262 g/mol. The van der Waals surface area contributed by atoms with Crippen LogP contribution in [0.5, 0.6) is 0 Å². The van der Waals surface area contributed by atoms with Gasteiger partial charge >= 0.3 is 0 Å². The second-order valence-corrected chi connectivity index (χ2v) is 4.67. The van der Waals surface area contributed by atoms with Gasteiger partial charge in [0, 0.05) is 0 Å². The highest BCUT2D eigenvalue weighted by atomic mass is 32.1. The van der Waals surface area contributed by atoms with E-state index in [4.69, 9.17) is 4.42 Å². The van der Waals surface area contributed by atoms with Crippen LogP contribution in [0, 0.1) is 5.92 Å². The zero-order valence-corrected chi connectivity index (χ0v) is 10.4. The molecular formula is C13H10O4S. The summed E-state index contributed by atoms with van der Waals surface area (Å²) in [6.45, 7) is 1.23. The van der Waals surface area contributed by atoms with Crippen LogP contribution >= 0.6 is 11.3 Å². The van der Waals surface area contributed by atoms with Gasteiger partial charge in [-0.05, 0) is 30.5 Å². The number of hydrogen-bond acceptors (Lipinski definition) is 5. The van der Waals surface area contributed by atoms with Crippen LogP contribution in [-0.4, -0.2) is 17.3 Å². The lowest BCUT2D eigenvalue weighted by Crippen LogP contribution is -2.30. The summed E-state index contributed by atoms with van der Waals surface area (Å²) in [5.41, 5.74) is 0.